The quantitative estimate of drug-likeness (QED) is 0.793. The molecule has 0 spiro atoms. The number of benzene rings is 2. The highest BCUT2D eigenvalue weighted by atomic mass is 35.5. The van der Waals surface area contributed by atoms with Crippen LogP contribution in [0.3, 0.4) is 0 Å². The summed E-state index contributed by atoms with van der Waals surface area (Å²) in [6, 6.07) is 15.9. The summed E-state index contributed by atoms with van der Waals surface area (Å²) < 4.78 is 5.80. The van der Waals surface area contributed by atoms with E-state index in [4.69, 9.17) is 10.5 Å². The third-order valence-corrected chi connectivity index (χ3v) is 3.79. The number of carbonyl (C=O) groups excluding carboxylic acids is 1. The van der Waals surface area contributed by atoms with Crippen molar-refractivity contribution in [3.05, 3.63) is 65.2 Å². The Morgan fingerprint density at radius 3 is 2.16 bits per heavy atom. The van der Waals surface area contributed by atoms with Crippen LogP contribution in [-0.4, -0.2) is 18.0 Å². The maximum atomic E-state index is 11.6. The monoisotopic (exact) mass is 362 g/mol. The lowest BCUT2D eigenvalue weighted by atomic mass is 10.1. The lowest BCUT2D eigenvalue weighted by molar-refractivity contribution is -0.122. The molecular formula is C20H27ClN2O2. The van der Waals surface area contributed by atoms with Gasteiger partial charge in [0.05, 0.1) is 6.04 Å². The van der Waals surface area contributed by atoms with Crippen molar-refractivity contribution in [2.45, 2.75) is 45.9 Å². The topological polar surface area (TPSA) is 64.3 Å². The summed E-state index contributed by atoms with van der Waals surface area (Å²) in [4.78, 5) is 11.6. The molecule has 25 heavy (non-hydrogen) atoms. The van der Waals surface area contributed by atoms with Crippen LogP contribution in [0, 0.1) is 6.92 Å². The molecule has 0 bridgehead atoms. The highest BCUT2D eigenvalue weighted by Crippen LogP contribution is 2.15. The molecule has 1 amide bonds. The van der Waals surface area contributed by atoms with E-state index in [0.29, 0.717) is 6.61 Å². The Labute approximate surface area is 156 Å². The summed E-state index contributed by atoms with van der Waals surface area (Å²) in [5.41, 5.74) is 9.10. The molecule has 2 aromatic carbocycles. The van der Waals surface area contributed by atoms with Crippen LogP contribution in [0.5, 0.6) is 5.75 Å². The molecule has 0 aliphatic heterocycles. The van der Waals surface area contributed by atoms with E-state index in [2.05, 4.69) is 36.5 Å². The van der Waals surface area contributed by atoms with Crippen molar-refractivity contribution in [1.82, 2.24) is 5.32 Å². The zero-order valence-electron chi connectivity index (χ0n) is 15.0. The first kappa shape index (κ1) is 21.0. The third kappa shape index (κ3) is 7.16. The smallest absolute Gasteiger partial charge is 0.236 e. The number of aryl methyl sites for hydroxylation is 1. The minimum atomic E-state index is -0.481. The highest BCUT2D eigenvalue weighted by molar-refractivity contribution is 5.85. The van der Waals surface area contributed by atoms with Gasteiger partial charge < -0.3 is 15.8 Å². The van der Waals surface area contributed by atoms with Gasteiger partial charge in [-0.2, -0.15) is 0 Å². The lowest BCUT2D eigenvalue weighted by Crippen LogP contribution is -2.43. The van der Waals surface area contributed by atoms with E-state index >= 15 is 0 Å². The number of hydrogen-bond donors (Lipinski definition) is 2. The predicted octanol–water partition coefficient (Wildman–Crippen LogP) is 3.39. The molecule has 1 unspecified atom stereocenters. The molecule has 0 heterocycles. The fourth-order valence-electron chi connectivity index (χ4n) is 2.35. The summed E-state index contributed by atoms with van der Waals surface area (Å²) in [6.45, 7) is 6.28. The van der Waals surface area contributed by atoms with Crippen LogP contribution < -0.4 is 15.8 Å². The minimum absolute atomic E-state index is 0. The van der Waals surface area contributed by atoms with E-state index in [0.717, 1.165) is 23.3 Å². The van der Waals surface area contributed by atoms with Gasteiger partial charge in [-0.1, -0.05) is 42.0 Å². The molecule has 3 N–H and O–H groups in total. The van der Waals surface area contributed by atoms with Gasteiger partial charge in [0.25, 0.3) is 0 Å². The van der Waals surface area contributed by atoms with Crippen LogP contribution >= 0.6 is 12.4 Å². The fraction of sp³-hybridized carbons (Fsp3) is 0.350. The van der Waals surface area contributed by atoms with Gasteiger partial charge in [-0.05, 0) is 50.5 Å². The number of rotatable bonds is 7. The number of ether oxygens (including phenoxy) is 1. The highest BCUT2D eigenvalue weighted by Gasteiger charge is 2.11. The van der Waals surface area contributed by atoms with Crippen molar-refractivity contribution in [1.29, 1.82) is 0 Å². The summed E-state index contributed by atoms with van der Waals surface area (Å²) >= 11 is 0. The van der Waals surface area contributed by atoms with Crippen molar-refractivity contribution >= 4 is 18.3 Å². The van der Waals surface area contributed by atoms with Crippen molar-refractivity contribution in [3.8, 4) is 5.75 Å². The molecule has 2 aromatic rings. The van der Waals surface area contributed by atoms with Crippen molar-refractivity contribution in [2.24, 2.45) is 5.73 Å². The Morgan fingerprint density at radius 2 is 1.60 bits per heavy atom. The van der Waals surface area contributed by atoms with Crippen molar-refractivity contribution in [3.63, 3.8) is 0 Å². The Kier molecular flexibility index (Phi) is 8.46. The first-order chi connectivity index (χ1) is 11.4. The van der Waals surface area contributed by atoms with E-state index in [1.54, 1.807) is 6.92 Å². The van der Waals surface area contributed by atoms with Gasteiger partial charge in [0.2, 0.25) is 5.91 Å². The van der Waals surface area contributed by atoms with Crippen molar-refractivity contribution < 1.29 is 9.53 Å². The largest absolute Gasteiger partial charge is 0.489 e. The minimum Gasteiger partial charge on any atom is -0.489 e. The lowest BCUT2D eigenvalue weighted by Gasteiger charge is -2.16. The van der Waals surface area contributed by atoms with E-state index in [9.17, 15) is 4.79 Å². The molecular weight excluding hydrogens is 336 g/mol. The first-order valence-electron chi connectivity index (χ1n) is 8.27. The maximum absolute atomic E-state index is 11.6. The molecule has 2 rings (SSSR count). The van der Waals surface area contributed by atoms with Gasteiger partial charge >= 0.3 is 0 Å². The van der Waals surface area contributed by atoms with Gasteiger partial charge in [0, 0.05) is 6.04 Å². The summed E-state index contributed by atoms with van der Waals surface area (Å²) in [6.07, 6.45) is 0.761. The van der Waals surface area contributed by atoms with Crippen LogP contribution in [0.15, 0.2) is 48.5 Å². The second-order valence-electron chi connectivity index (χ2n) is 6.32. The third-order valence-electron chi connectivity index (χ3n) is 3.79. The average Bonchev–Trinajstić information content (AvgIpc) is 2.55. The number of nitrogens with one attached hydrogen (secondary N) is 1. The van der Waals surface area contributed by atoms with Crippen LogP contribution in [0.1, 0.15) is 30.5 Å². The van der Waals surface area contributed by atoms with Gasteiger partial charge in [-0.3, -0.25) is 4.79 Å². The van der Waals surface area contributed by atoms with Crippen LogP contribution in [0.2, 0.25) is 0 Å². The Hall–Kier alpha value is -2.04. The Balaban J connectivity index is 0.00000312. The van der Waals surface area contributed by atoms with Crippen molar-refractivity contribution in [2.75, 3.05) is 0 Å². The molecule has 136 valence electrons. The zero-order valence-corrected chi connectivity index (χ0v) is 15.8. The Morgan fingerprint density at radius 1 is 1.04 bits per heavy atom. The van der Waals surface area contributed by atoms with E-state index in [-0.39, 0.29) is 24.4 Å². The zero-order chi connectivity index (χ0) is 17.5. The van der Waals surface area contributed by atoms with Gasteiger partial charge in [0.15, 0.2) is 0 Å². The molecule has 0 saturated heterocycles. The molecule has 0 aliphatic rings. The van der Waals surface area contributed by atoms with E-state index in [1.807, 2.05) is 31.2 Å². The second kappa shape index (κ2) is 10.1. The van der Waals surface area contributed by atoms with Gasteiger partial charge in [0.1, 0.15) is 12.4 Å². The second-order valence-corrected chi connectivity index (χ2v) is 6.32. The summed E-state index contributed by atoms with van der Waals surface area (Å²) in [5, 5.41) is 2.90. The van der Waals surface area contributed by atoms with Crippen LogP contribution in [-0.2, 0) is 17.8 Å². The summed E-state index contributed by atoms with van der Waals surface area (Å²) in [7, 11) is 0. The molecule has 0 aliphatic carbocycles. The van der Waals surface area contributed by atoms with Crippen LogP contribution in [0.25, 0.3) is 0 Å². The number of hydrogen-bond acceptors (Lipinski definition) is 3. The maximum Gasteiger partial charge on any atom is 0.236 e. The van der Waals surface area contributed by atoms with Gasteiger partial charge in [-0.15, -0.1) is 12.4 Å². The van der Waals surface area contributed by atoms with E-state index in [1.165, 1.54) is 5.56 Å². The molecule has 5 heteroatoms. The van der Waals surface area contributed by atoms with Crippen LogP contribution in [0.4, 0.5) is 0 Å². The van der Waals surface area contributed by atoms with E-state index < -0.39 is 6.04 Å². The van der Waals surface area contributed by atoms with Gasteiger partial charge in [-0.25, -0.2) is 0 Å². The Bertz CT molecular complexity index is 654. The molecule has 0 aromatic heterocycles. The molecule has 4 nitrogen and oxygen atoms in total. The normalized spacial score (nSPS) is 12.6. The number of halogens is 1. The fourth-order valence-corrected chi connectivity index (χ4v) is 2.35. The number of amides is 1. The number of carbonyl (C=O) groups is 1. The molecule has 0 radical (unpaired) electrons. The molecule has 0 fully saturated rings. The summed E-state index contributed by atoms with van der Waals surface area (Å²) in [5.74, 6) is 0.715. The SMILES string of the molecule is Cc1ccc(COc2ccc(CC(C)NC(=O)[C@H](C)N)cc2)cc1.Cl. The standard InChI is InChI=1S/C20H26N2O2.ClH/c1-14-4-6-18(7-5-14)13-24-19-10-8-17(9-11-19)12-15(2)22-20(23)16(3)21;/h4-11,15-16H,12-13,21H2,1-3H3,(H,22,23);1H/t15?,16-;/m0./s1. The predicted molar refractivity (Wildman–Crippen MR) is 104 cm³/mol. The molecule has 0 saturated carbocycles. The number of nitrogens with two attached hydrogens (primary N) is 1. The molecule has 2 atom stereocenters. The average molecular weight is 363 g/mol. The first-order valence-corrected chi connectivity index (χ1v) is 8.27.